The SMILES string of the molecule is C=C1CCC(=O)[C@@H](C)CC[C@H]2[C@H]1C[C@]2(C)C(C/C=C(\C)COC(C)=O)OC(C)=O. The standard InChI is InChI=1S/C24H36O5/c1-15(14-28-18(4)25)7-12-23(29-19(5)26)24(6)13-20-16(2)9-11-22(27)17(3)8-10-21(20)24/h7,17,20-21,23H,2,8-14H2,1,3-6H3/b15-7+/t17-,20-,21-,23?,24-/m0/s1. The van der Waals surface area contributed by atoms with Gasteiger partial charge in [-0.3, -0.25) is 14.4 Å². The van der Waals surface area contributed by atoms with Gasteiger partial charge in [-0.15, -0.1) is 0 Å². The van der Waals surface area contributed by atoms with Crippen molar-refractivity contribution in [3.8, 4) is 0 Å². The van der Waals surface area contributed by atoms with Crippen LogP contribution in [-0.2, 0) is 23.9 Å². The van der Waals surface area contributed by atoms with Gasteiger partial charge in [0, 0.05) is 38.0 Å². The highest BCUT2D eigenvalue weighted by Crippen LogP contribution is 2.60. The Morgan fingerprint density at radius 1 is 1.21 bits per heavy atom. The predicted molar refractivity (Wildman–Crippen MR) is 112 cm³/mol. The van der Waals surface area contributed by atoms with Crippen molar-refractivity contribution in [2.45, 2.75) is 79.2 Å². The van der Waals surface area contributed by atoms with Crippen LogP contribution in [0.2, 0.25) is 0 Å². The number of carbonyl (C=O) groups is 3. The quantitative estimate of drug-likeness (QED) is 0.470. The third kappa shape index (κ3) is 5.80. The Morgan fingerprint density at radius 3 is 2.52 bits per heavy atom. The van der Waals surface area contributed by atoms with Gasteiger partial charge < -0.3 is 9.47 Å². The monoisotopic (exact) mass is 404 g/mol. The van der Waals surface area contributed by atoms with Crippen molar-refractivity contribution < 1.29 is 23.9 Å². The van der Waals surface area contributed by atoms with Gasteiger partial charge in [0.25, 0.3) is 0 Å². The Balaban J connectivity index is 2.17. The third-order valence-corrected chi connectivity index (χ3v) is 6.90. The lowest BCUT2D eigenvalue weighted by Crippen LogP contribution is -2.54. The maximum Gasteiger partial charge on any atom is 0.302 e. The molecule has 5 atom stereocenters. The van der Waals surface area contributed by atoms with Crippen LogP contribution in [0.5, 0.6) is 0 Å². The molecule has 5 nitrogen and oxygen atoms in total. The number of fused-ring (bicyclic) bond motifs is 1. The zero-order valence-corrected chi connectivity index (χ0v) is 18.6. The van der Waals surface area contributed by atoms with Crippen LogP contribution in [-0.4, -0.2) is 30.4 Å². The Labute approximate surface area is 174 Å². The molecule has 0 aromatic carbocycles. The summed E-state index contributed by atoms with van der Waals surface area (Å²) in [6.07, 6.45) is 6.45. The Morgan fingerprint density at radius 2 is 1.90 bits per heavy atom. The number of esters is 2. The summed E-state index contributed by atoms with van der Waals surface area (Å²) in [7, 11) is 0. The molecule has 2 saturated carbocycles. The second-order valence-electron chi connectivity index (χ2n) is 9.19. The Kier molecular flexibility index (Phi) is 7.84. The maximum absolute atomic E-state index is 12.3. The van der Waals surface area contributed by atoms with Gasteiger partial charge in [-0.05, 0) is 50.0 Å². The van der Waals surface area contributed by atoms with E-state index in [4.69, 9.17) is 9.47 Å². The van der Waals surface area contributed by atoms with E-state index >= 15 is 0 Å². The number of ether oxygens (including phenoxy) is 2. The Hall–Kier alpha value is -1.91. The van der Waals surface area contributed by atoms with Crippen LogP contribution >= 0.6 is 0 Å². The molecule has 0 amide bonds. The molecule has 0 N–H and O–H groups in total. The number of ketones is 1. The lowest BCUT2D eigenvalue weighted by atomic mass is 9.49. The largest absolute Gasteiger partial charge is 0.462 e. The molecule has 0 saturated heterocycles. The molecule has 5 heteroatoms. The van der Waals surface area contributed by atoms with Gasteiger partial charge in [0.15, 0.2) is 0 Å². The fourth-order valence-electron chi connectivity index (χ4n) is 4.94. The van der Waals surface area contributed by atoms with Crippen LogP contribution in [0.4, 0.5) is 0 Å². The van der Waals surface area contributed by atoms with E-state index in [1.165, 1.54) is 13.8 Å². The first-order valence-corrected chi connectivity index (χ1v) is 10.7. The molecule has 162 valence electrons. The van der Waals surface area contributed by atoms with Crippen molar-refractivity contribution in [1.29, 1.82) is 0 Å². The number of carbonyl (C=O) groups excluding carboxylic acids is 3. The molecular formula is C24H36O5. The average molecular weight is 405 g/mol. The van der Waals surface area contributed by atoms with E-state index in [1.54, 1.807) is 0 Å². The lowest BCUT2D eigenvalue weighted by Gasteiger charge is -2.57. The summed E-state index contributed by atoms with van der Waals surface area (Å²) in [6.45, 7) is 13.5. The second kappa shape index (κ2) is 9.73. The van der Waals surface area contributed by atoms with Crippen molar-refractivity contribution in [1.82, 2.24) is 0 Å². The summed E-state index contributed by atoms with van der Waals surface area (Å²) in [5, 5.41) is 0. The minimum atomic E-state index is -0.309. The van der Waals surface area contributed by atoms with Crippen LogP contribution in [0.25, 0.3) is 0 Å². The summed E-state index contributed by atoms with van der Waals surface area (Å²) in [4.78, 5) is 35.1. The highest BCUT2D eigenvalue weighted by Gasteiger charge is 2.56. The lowest BCUT2D eigenvalue weighted by molar-refractivity contribution is -0.170. The summed E-state index contributed by atoms with van der Waals surface area (Å²) >= 11 is 0. The topological polar surface area (TPSA) is 69.7 Å². The molecule has 0 aromatic rings. The third-order valence-electron chi connectivity index (χ3n) is 6.90. The minimum Gasteiger partial charge on any atom is -0.462 e. The maximum atomic E-state index is 12.3. The van der Waals surface area contributed by atoms with E-state index in [9.17, 15) is 14.4 Å². The van der Waals surface area contributed by atoms with Crippen LogP contribution in [0.3, 0.4) is 0 Å². The van der Waals surface area contributed by atoms with Gasteiger partial charge in [-0.1, -0.05) is 32.1 Å². The fourth-order valence-corrected chi connectivity index (χ4v) is 4.94. The molecule has 1 unspecified atom stereocenters. The highest BCUT2D eigenvalue weighted by molar-refractivity contribution is 5.80. The van der Waals surface area contributed by atoms with E-state index in [0.29, 0.717) is 30.5 Å². The van der Waals surface area contributed by atoms with E-state index in [-0.39, 0.29) is 36.0 Å². The van der Waals surface area contributed by atoms with Gasteiger partial charge in [0.2, 0.25) is 0 Å². The summed E-state index contributed by atoms with van der Waals surface area (Å²) < 4.78 is 10.8. The van der Waals surface area contributed by atoms with Crippen molar-refractivity contribution in [2.24, 2.45) is 23.2 Å². The van der Waals surface area contributed by atoms with Crippen molar-refractivity contribution in [3.05, 3.63) is 23.8 Å². The fraction of sp³-hybridized carbons (Fsp3) is 0.708. The molecule has 29 heavy (non-hydrogen) atoms. The molecule has 2 aliphatic carbocycles. The summed E-state index contributed by atoms with van der Waals surface area (Å²) in [5.74, 6) is 0.559. The van der Waals surface area contributed by atoms with Gasteiger partial charge >= 0.3 is 11.9 Å². The molecule has 2 fully saturated rings. The number of allylic oxidation sites excluding steroid dienone is 1. The van der Waals surface area contributed by atoms with Crippen LogP contribution in [0.15, 0.2) is 23.8 Å². The van der Waals surface area contributed by atoms with E-state index in [0.717, 1.165) is 36.8 Å². The van der Waals surface area contributed by atoms with Gasteiger partial charge in [0.05, 0.1) is 0 Å². The molecular weight excluding hydrogens is 368 g/mol. The Bertz CT molecular complexity index is 691. The summed E-state index contributed by atoms with van der Waals surface area (Å²) in [6, 6.07) is 0. The molecule has 2 aliphatic rings. The van der Waals surface area contributed by atoms with E-state index < -0.39 is 0 Å². The number of rotatable bonds is 6. The number of hydrogen-bond acceptors (Lipinski definition) is 5. The second-order valence-corrected chi connectivity index (χ2v) is 9.19. The smallest absolute Gasteiger partial charge is 0.302 e. The molecule has 2 rings (SSSR count). The van der Waals surface area contributed by atoms with Gasteiger partial charge in [-0.2, -0.15) is 0 Å². The zero-order chi connectivity index (χ0) is 21.8. The molecule has 0 spiro atoms. The predicted octanol–water partition coefficient (Wildman–Crippen LogP) is 4.80. The van der Waals surface area contributed by atoms with Crippen LogP contribution in [0.1, 0.15) is 73.1 Å². The first-order chi connectivity index (χ1) is 13.5. The van der Waals surface area contributed by atoms with Crippen LogP contribution in [0, 0.1) is 23.2 Å². The number of Topliss-reactive ketones (excluding diaryl/α,β-unsaturated/α-hetero) is 1. The van der Waals surface area contributed by atoms with Gasteiger partial charge in [-0.25, -0.2) is 0 Å². The van der Waals surface area contributed by atoms with Crippen molar-refractivity contribution in [3.63, 3.8) is 0 Å². The molecule has 0 bridgehead atoms. The molecule has 0 aromatic heterocycles. The van der Waals surface area contributed by atoms with Crippen LogP contribution < -0.4 is 0 Å². The molecule has 0 heterocycles. The first kappa shape index (κ1) is 23.4. The normalized spacial score (nSPS) is 31.5. The minimum absolute atomic E-state index is 0.0736. The first-order valence-electron chi connectivity index (χ1n) is 10.7. The van der Waals surface area contributed by atoms with Crippen molar-refractivity contribution in [2.75, 3.05) is 6.61 Å². The van der Waals surface area contributed by atoms with E-state index in [2.05, 4.69) is 13.5 Å². The van der Waals surface area contributed by atoms with Crippen molar-refractivity contribution >= 4 is 17.7 Å². The summed E-state index contributed by atoms with van der Waals surface area (Å²) in [5.41, 5.74) is 1.96. The van der Waals surface area contributed by atoms with Gasteiger partial charge in [0.1, 0.15) is 18.5 Å². The average Bonchev–Trinajstić information content (AvgIpc) is 2.67. The molecule has 0 aliphatic heterocycles. The van der Waals surface area contributed by atoms with E-state index in [1.807, 2.05) is 19.9 Å². The zero-order valence-electron chi connectivity index (χ0n) is 18.6. The molecule has 0 radical (unpaired) electrons. The highest BCUT2D eigenvalue weighted by atomic mass is 16.5. The number of hydrogen-bond donors (Lipinski definition) is 0.